The van der Waals surface area contributed by atoms with Crippen LogP contribution in [0.25, 0.3) is 0 Å². The predicted molar refractivity (Wildman–Crippen MR) is 115 cm³/mol. The van der Waals surface area contributed by atoms with Gasteiger partial charge in [0.1, 0.15) is 30.9 Å². The van der Waals surface area contributed by atoms with Gasteiger partial charge in [-0.2, -0.15) is 0 Å². The van der Waals surface area contributed by atoms with Crippen molar-refractivity contribution in [1.29, 1.82) is 0 Å². The van der Waals surface area contributed by atoms with Crippen LogP contribution in [-0.2, 0) is 38.1 Å². The van der Waals surface area contributed by atoms with E-state index in [-0.39, 0.29) is 26.3 Å². The molecule has 0 rings (SSSR count). The normalized spacial score (nSPS) is 11.8. The second-order valence-electron chi connectivity index (χ2n) is 8.39. The van der Waals surface area contributed by atoms with Gasteiger partial charge in [-0.1, -0.05) is 15.9 Å². The van der Waals surface area contributed by atoms with Crippen molar-refractivity contribution in [2.75, 3.05) is 58.1 Å². The summed E-state index contributed by atoms with van der Waals surface area (Å²) in [6.07, 6.45) is 0. The van der Waals surface area contributed by atoms with Crippen LogP contribution >= 0.6 is 15.9 Å². The number of esters is 2. The van der Waals surface area contributed by atoms with Crippen molar-refractivity contribution in [1.82, 2.24) is 4.90 Å². The maximum Gasteiger partial charge on any atom is 0.326 e. The molecular formula is C20H36BrNO8. The minimum absolute atomic E-state index is 0.191. The summed E-state index contributed by atoms with van der Waals surface area (Å²) in [5.74, 6) is -1.76. The van der Waals surface area contributed by atoms with Crippen molar-refractivity contribution >= 4 is 33.8 Å². The Labute approximate surface area is 187 Å². The molecule has 0 fully saturated rings. The number of alkyl halides is 1. The summed E-state index contributed by atoms with van der Waals surface area (Å²) < 4.78 is 26.3. The van der Waals surface area contributed by atoms with Gasteiger partial charge in [0.25, 0.3) is 0 Å². The van der Waals surface area contributed by atoms with Gasteiger partial charge >= 0.3 is 11.9 Å². The highest BCUT2D eigenvalue weighted by molar-refractivity contribution is 9.09. The molecule has 0 bridgehead atoms. The molecule has 0 aromatic rings. The lowest BCUT2D eigenvalue weighted by atomic mass is 10.2. The SMILES string of the molecule is CC(C)(C)OC(=O)CN(CC(=O)OC(C)(C)C)C(=O)COCCOCCOCCBr. The first kappa shape index (κ1) is 28.8. The number of hydrogen-bond acceptors (Lipinski definition) is 8. The number of carbonyl (C=O) groups excluding carboxylic acids is 3. The minimum atomic E-state index is -0.705. The van der Waals surface area contributed by atoms with Crippen LogP contribution in [0.3, 0.4) is 0 Å². The molecular weight excluding hydrogens is 462 g/mol. The summed E-state index contributed by atoms with van der Waals surface area (Å²) in [5, 5.41) is 0.765. The van der Waals surface area contributed by atoms with Gasteiger partial charge < -0.3 is 28.6 Å². The van der Waals surface area contributed by atoms with Gasteiger partial charge in [-0.05, 0) is 41.5 Å². The smallest absolute Gasteiger partial charge is 0.326 e. The second-order valence-corrected chi connectivity index (χ2v) is 9.18. The van der Waals surface area contributed by atoms with E-state index in [9.17, 15) is 14.4 Å². The number of amides is 1. The van der Waals surface area contributed by atoms with Gasteiger partial charge in [-0.25, -0.2) is 0 Å². The Morgan fingerprint density at radius 1 is 0.700 bits per heavy atom. The lowest BCUT2D eigenvalue weighted by Crippen LogP contribution is -2.44. The number of ether oxygens (including phenoxy) is 5. The van der Waals surface area contributed by atoms with Crippen LogP contribution < -0.4 is 0 Å². The molecule has 9 nitrogen and oxygen atoms in total. The van der Waals surface area contributed by atoms with Crippen LogP contribution in [0.2, 0.25) is 0 Å². The van der Waals surface area contributed by atoms with Crippen LogP contribution in [0.1, 0.15) is 41.5 Å². The maximum atomic E-state index is 12.5. The summed E-state index contributed by atoms with van der Waals surface area (Å²) in [6, 6.07) is 0. The van der Waals surface area contributed by atoms with E-state index < -0.39 is 29.0 Å². The van der Waals surface area contributed by atoms with Crippen molar-refractivity contribution in [2.45, 2.75) is 52.7 Å². The minimum Gasteiger partial charge on any atom is -0.459 e. The van der Waals surface area contributed by atoms with E-state index >= 15 is 0 Å². The second kappa shape index (κ2) is 14.7. The van der Waals surface area contributed by atoms with E-state index in [1.165, 1.54) is 0 Å². The van der Waals surface area contributed by atoms with E-state index in [1.807, 2.05) is 0 Å². The average molecular weight is 498 g/mol. The van der Waals surface area contributed by atoms with E-state index in [1.54, 1.807) is 41.5 Å². The highest BCUT2D eigenvalue weighted by Crippen LogP contribution is 2.10. The Morgan fingerprint density at radius 2 is 1.10 bits per heavy atom. The van der Waals surface area contributed by atoms with E-state index in [4.69, 9.17) is 23.7 Å². The van der Waals surface area contributed by atoms with E-state index in [0.29, 0.717) is 26.4 Å². The first-order chi connectivity index (χ1) is 13.8. The van der Waals surface area contributed by atoms with Crippen LogP contribution in [-0.4, -0.2) is 92.0 Å². The Bertz CT molecular complexity index is 498. The third kappa shape index (κ3) is 17.6. The molecule has 0 saturated heterocycles. The number of nitrogens with zero attached hydrogens (tertiary/aromatic N) is 1. The molecule has 0 heterocycles. The van der Waals surface area contributed by atoms with Crippen molar-refractivity contribution in [3.8, 4) is 0 Å². The molecule has 0 aromatic carbocycles. The summed E-state index contributed by atoms with van der Waals surface area (Å²) in [7, 11) is 0. The molecule has 0 aliphatic rings. The maximum absolute atomic E-state index is 12.5. The fourth-order valence-electron chi connectivity index (χ4n) is 2.04. The van der Waals surface area contributed by atoms with Crippen LogP contribution in [0.15, 0.2) is 0 Å². The van der Waals surface area contributed by atoms with Gasteiger partial charge in [-0.3, -0.25) is 14.4 Å². The zero-order chi connectivity index (χ0) is 23.2. The predicted octanol–water partition coefficient (Wildman–Crippen LogP) is 1.94. The highest BCUT2D eigenvalue weighted by atomic mass is 79.9. The first-order valence-corrected chi connectivity index (χ1v) is 11.0. The van der Waals surface area contributed by atoms with Gasteiger partial charge in [0, 0.05) is 5.33 Å². The van der Waals surface area contributed by atoms with E-state index in [2.05, 4.69) is 15.9 Å². The Hall–Kier alpha value is -1.23. The molecule has 1 amide bonds. The van der Waals surface area contributed by atoms with Crippen LogP contribution in [0.4, 0.5) is 0 Å². The highest BCUT2D eigenvalue weighted by Gasteiger charge is 2.26. The van der Waals surface area contributed by atoms with Crippen molar-refractivity contribution < 1.29 is 38.1 Å². The fraction of sp³-hybridized carbons (Fsp3) is 0.850. The summed E-state index contributed by atoms with van der Waals surface area (Å²) >= 11 is 3.26. The summed E-state index contributed by atoms with van der Waals surface area (Å²) in [5.41, 5.74) is -1.41. The first-order valence-electron chi connectivity index (χ1n) is 9.84. The Kier molecular flexibility index (Phi) is 14.1. The van der Waals surface area contributed by atoms with Gasteiger partial charge in [-0.15, -0.1) is 0 Å². The number of hydrogen-bond donors (Lipinski definition) is 0. The van der Waals surface area contributed by atoms with Gasteiger partial charge in [0.2, 0.25) is 5.91 Å². The van der Waals surface area contributed by atoms with E-state index in [0.717, 1.165) is 10.2 Å². The van der Waals surface area contributed by atoms with Gasteiger partial charge in [0.15, 0.2) is 0 Å². The lowest BCUT2D eigenvalue weighted by molar-refractivity contribution is -0.164. The third-order valence-electron chi connectivity index (χ3n) is 3.02. The molecule has 30 heavy (non-hydrogen) atoms. The molecule has 0 radical (unpaired) electrons. The monoisotopic (exact) mass is 497 g/mol. The zero-order valence-corrected chi connectivity index (χ0v) is 20.5. The molecule has 176 valence electrons. The zero-order valence-electron chi connectivity index (χ0n) is 19.0. The van der Waals surface area contributed by atoms with Crippen molar-refractivity contribution in [3.63, 3.8) is 0 Å². The number of halogens is 1. The molecule has 0 aliphatic heterocycles. The molecule has 0 atom stereocenters. The summed E-state index contributed by atoms with van der Waals surface area (Å²) in [6.45, 7) is 11.3. The average Bonchev–Trinajstić information content (AvgIpc) is 2.56. The fourth-order valence-corrected chi connectivity index (χ4v) is 2.27. The quantitative estimate of drug-likeness (QED) is 0.204. The van der Waals surface area contributed by atoms with Crippen LogP contribution in [0, 0.1) is 0 Å². The lowest BCUT2D eigenvalue weighted by Gasteiger charge is -2.26. The standard InChI is InChI=1S/C20H36BrNO8/c1-19(2,3)29-17(24)13-22(14-18(25)30-20(4,5)6)16(23)15-28-12-11-27-10-9-26-8-7-21/h7-15H2,1-6H3. The van der Waals surface area contributed by atoms with Crippen molar-refractivity contribution in [3.05, 3.63) is 0 Å². The molecule has 10 heteroatoms. The number of rotatable bonds is 14. The topological polar surface area (TPSA) is 101 Å². The molecule has 0 saturated carbocycles. The molecule has 0 spiro atoms. The number of carbonyl (C=O) groups is 3. The summed E-state index contributed by atoms with van der Waals surface area (Å²) in [4.78, 5) is 37.8. The Morgan fingerprint density at radius 3 is 1.50 bits per heavy atom. The Balaban J connectivity index is 4.53. The molecule has 0 N–H and O–H groups in total. The molecule has 0 aromatic heterocycles. The van der Waals surface area contributed by atoms with Gasteiger partial charge in [0.05, 0.1) is 33.0 Å². The largest absolute Gasteiger partial charge is 0.459 e. The molecule has 0 aliphatic carbocycles. The third-order valence-corrected chi connectivity index (χ3v) is 3.35. The van der Waals surface area contributed by atoms with Crippen molar-refractivity contribution in [2.24, 2.45) is 0 Å². The molecule has 0 unspecified atom stereocenters. The van der Waals surface area contributed by atoms with Crippen LogP contribution in [0.5, 0.6) is 0 Å².